The summed E-state index contributed by atoms with van der Waals surface area (Å²) in [6.45, 7) is 4.03. The highest BCUT2D eigenvalue weighted by Crippen LogP contribution is 2.32. The van der Waals surface area contributed by atoms with Crippen LogP contribution in [0.25, 0.3) is 0 Å². The van der Waals surface area contributed by atoms with Gasteiger partial charge in [-0.1, -0.05) is 12.1 Å². The number of anilines is 1. The topological polar surface area (TPSA) is 55.1 Å². The Morgan fingerprint density at radius 3 is 2.47 bits per heavy atom. The first-order valence-electron chi connectivity index (χ1n) is 6.14. The fraction of sp³-hybridized carbons (Fsp3) is 0.500. The van der Waals surface area contributed by atoms with E-state index in [1.807, 2.05) is 38.1 Å². The van der Waals surface area contributed by atoms with Gasteiger partial charge in [-0.05, 0) is 50.3 Å². The Hall–Kier alpha value is -1.51. The Kier molecular flexibility index (Phi) is 3.09. The van der Waals surface area contributed by atoms with E-state index in [1.54, 1.807) is 0 Å². The molecule has 1 aromatic rings. The van der Waals surface area contributed by atoms with Crippen molar-refractivity contribution in [2.45, 2.75) is 38.6 Å². The average Bonchev–Trinajstić information content (AvgIpc) is 3.01. The third-order valence-electron chi connectivity index (χ3n) is 3.26. The molecule has 0 radical (unpaired) electrons. The van der Waals surface area contributed by atoms with Crippen LogP contribution in [0.5, 0.6) is 0 Å². The van der Waals surface area contributed by atoms with Crippen molar-refractivity contribution in [2.75, 3.05) is 5.73 Å². The van der Waals surface area contributed by atoms with E-state index in [9.17, 15) is 4.79 Å². The predicted molar refractivity (Wildman–Crippen MR) is 69.4 cm³/mol. The molecule has 1 aromatic carbocycles. The maximum Gasteiger partial charge on any atom is 0.220 e. The summed E-state index contributed by atoms with van der Waals surface area (Å²) in [7, 11) is 0. The number of hydrogen-bond acceptors (Lipinski definition) is 2. The smallest absolute Gasteiger partial charge is 0.220 e. The van der Waals surface area contributed by atoms with Gasteiger partial charge in [0.1, 0.15) is 0 Å². The summed E-state index contributed by atoms with van der Waals surface area (Å²) < 4.78 is 0. The molecule has 0 bridgehead atoms. The van der Waals surface area contributed by atoms with E-state index in [2.05, 4.69) is 5.32 Å². The molecule has 0 heterocycles. The minimum absolute atomic E-state index is 0.148. The van der Waals surface area contributed by atoms with Crippen molar-refractivity contribution in [3.8, 4) is 0 Å². The van der Waals surface area contributed by atoms with E-state index < -0.39 is 0 Å². The molecule has 0 aromatic heterocycles. The number of hydrogen-bond donors (Lipinski definition) is 2. The number of carbonyl (C=O) groups excluding carboxylic acids is 1. The number of amides is 1. The van der Waals surface area contributed by atoms with Crippen molar-refractivity contribution >= 4 is 11.6 Å². The molecular formula is C14H20N2O. The molecule has 3 nitrogen and oxygen atoms in total. The number of nitrogens with one attached hydrogen (secondary N) is 1. The van der Waals surface area contributed by atoms with Gasteiger partial charge in [0, 0.05) is 12.1 Å². The molecule has 1 aliphatic rings. The van der Waals surface area contributed by atoms with Gasteiger partial charge in [-0.15, -0.1) is 0 Å². The van der Waals surface area contributed by atoms with E-state index in [-0.39, 0.29) is 11.4 Å². The standard InChI is InChI=1S/C14H20N2O/c1-14(2,11-5-7-12(15)8-6-11)16-13(17)9-10-3-4-10/h5-8,10H,3-4,9,15H2,1-2H3,(H,16,17). The SMILES string of the molecule is CC(C)(NC(=O)CC1CC1)c1ccc(N)cc1. The van der Waals surface area contributed by atoms with Crippen LogP contribution in [0.4, 0.5) is 5.69 Å². The summed E-state index contributed by atoms with van der Waals surface area (Å²) in [5, 5.41) is 3.08. The Bertz CT molecular complexity index is 405. The second kappa shape index (κ2) is 4.40. The van der Waals surface area contributed by atoms with Crippen LogP contribution in [0.15, 0.2) is 24.3 Å². The van der Waals surface area contributed by atoms with Gasteiger partial charge < -0.3 is 11.1 Å². The highest BCUT2D eigenvalue weighted by atomic mass is 16.1. The van der Waals surface area contributed by atoms with Gasteiger partial charge in [-0.2, -0.15) is 0 Å². The van der Waals surface area contributed by atoms with E-state index in [1.165, 1.54) is 12.8 Å². The molecule has 0 saturated heterocycles. The van der Waals surface area contributed by atoms with E-state index >= 15 is 0 Å². The predicted octanol–water partition coefficient (Wildman–Crippen LogP) is 2.42. The average molecular weight is 232 g/mol. The molecule has 3 heteroatoms. The van der Waals surface area contributed by atoms with Crippen molar-refractivity contribution < 1.29 is 4.79 Å². The fourth-order valence-corrected chi connectivity index (χ4v) is 1.96. The number of carbonyl (C=O) groups is 1. The Balaban J connectivity index is 2.01. The Morgan fingerprint density at radius 2 is 1.94 bits per heavy atom. The number of benzene rings is 1. The molecular weight excluding hydrogens is 212 g/mol. The zero-order valence-electron chi connectivity index (χ0n) is 10.5. The molecule has 0 unspecified atom stereocenters. The molecule has 0 spiro atoms. The Labute approximate surface area is 102 Å². The number of rotatable bonds is 4. The van der Waals surface area contributed by atoms with E-state index in [0.29, 0.717) is 12.3 Å². The highest BCUT2D eigenvalue weighted by molar-refractivity contribution is 5.77. The molecule has 17 heavy (non-hydrogen) atoms. The molecule has 1 aliphatic carbocycles. The summed E-state index contributed by atoms with van der Waals surface area (Å²) in [6.07, 6.45) is 3.07. The zero-order valence-corrected chi connectivity index (χ0v) is 10.5. The fourth-order valence-electron chi connectivity index (χ4n) is 1.96. The van der Waals surface area contributed by atoms with Gasteiger partial charge in [0.15, 0.2) is 0 Å². The van der Waals surface area contributed by atoms with Gasteiger partial charge in [-0.25, -0.2) is 0 Å². The van der Waals surface area contributed by atoms with Crippen molar-refractivity contribution in [1.29, 1.82) is 0 Å². The molecule has 2 rings (SSSR count). The third kappa shape index (κ3) is 3.22. The summed E-state index contributed by atoms with van der Waals surface area (Å²) in [6, 6.07) is 7.66. The van der Waals surface area contributed by atoms with Crippen LogP contribution < -0.4 is 11.1 Å². The van der Waals surface area contributed by atoms with Crippen LogP contribution >= 0.6 is 0 Å². The summed E-state index contributed by atoms with van der Waals surface area (Å²) in [5.74, 6) is 0.770. The lowest BCUT2D eigenvalue weighted by Gasteiger charge is -2.27. The first-order chi connectivity index (χ1) is 7.97. The second-order valence-corrected chi connectivity index (χ2v) is 5.44. The molecule has 0 aliphatic heterocycles. The van der Waals surface area contributed by atoms with E-state index in [0.717, 1.165) is 11.3 Å². The Morgan fingerprint density at radius 1 is 1.35 bits per heavy atom. The number of nitrogens with two attached hydrogens (primary N) is 1. The minimum Gasteiger partial charge on any atom is -0.399 e. The normalized spacial score (nSPS) is 15.6. The maximum absolute atomic E-state index is 11.8. The molecule has 1 amide bonds. The van der Waals surface area contributed by atoms with Crippen LogP contribution in [0.3, 0.4) is 0 Å². The zero-order chi connectivity index (χ0) is 12.5. The summed E-state index contributed by atoms with van der Waals surface area (Å²) in [4.78, 5) is 11.8. The molecule has 92 valence electrons. The summed E-state index contributed by atoms with van der Waals surface area (Å²) in [5.41, 5.74) is 7.15. The van der Waals surface area contributed by atoms with Crippen molar-refractivity contribution in [3.63, 3.8) is 0 Å². The molecule has 1 saturated carbocycles. The van der Waals surface area contributed by atoms with Crippen molar-refractivity contribution in [2.24, 2.45) is 5.92 Å². The van der Waals surface area contributed by atoms with Gasteiger partial charge in [0.2, 0.25) is 5.91 Å². The monoisotopic (exact) mass is 232 g/mol. The first-order valence-corrected chi connectivity index (χ1v) is 6.14. The molecule has 1 fully saturated rings. The third-order valence-corrected chi connectivity index (χ3v) is 3.26. The van der Waals surface area contributed by atoms with Crippen LogP contribution in [-0.4, -0.2) is 5.91 Å². The second-order valence-electron chi connectivity index (χ2n) is 5.44. The van der Waals surface area contributed by atoms with Crippen molar-refractivity contribution in [3.05, 3.63) is 29.8 Å². The highest BCUT2D eigenvalue weighted by Gasteiger charge is 2.28. The summed E-state index contributed by atoms with van der Waals surface area (Å²) >= 11 is 0. The minimum atomic E-state index is -0.334. The van der Waals surface area contributed by atoms with Gasteiger partial charge in [0.05, 0.1) is 5.54 Å². The lowest BCUT2D eigenvalue weighted by molar-refractivity contribution is -0.123. The quantitative estimate of drug-likeness (QED) is 0.783. The van der Waals surface area contributed by atoms with Gasteiger partial charge in [0.25, 0.3) is 0 Å². The molecule has 3 N–H and O–H groups in total. The first kappa shape index (κ1) is 12.0. The van der Waals surface area contributed by atoms with Gasteiger partial charge in [-0.3, -0.25) is 4.79 Å². The largest absolute Gasteiger partial charge is 0.399 e. The maximum atomic E-state index is 11.8. The van der Waals surface area contributed by atoms with Crippen LogP contribution in [0.2, 0.25) is 0 Å². The van der Waals surface area contributed by atoms with Gasteiger partial charge >= 0.3 is 0 Å². The molecule has 0 atom stereocenters. The van der Waals surface area contributed by atoms with Crippen LogP contribution in [0.1, 0.15) is 38.7 Å². The lowest BCUT2D eigenvalue weighted by Crippen LogP contribution is -2.41. The van der Waals surface area contributed by atoms with E-state index in [4.69, 9.17) is 5.73 Å². The van der Waals surface area contributed by atoms with Crippen molar-refractivity contribution in [1.82, 2.24) is 5.32 Å². The van der Waals surface area contributed by atoms with Crippen LogP contribution in [0, 0.1) is 5.92 Å². The lowest BCUT2D eigenvalue weighted by atomic mass is 9.94. The number of nitrogen functional groups attached to an aromatic ring is 1. The van der Waals surface area contributed by atoms with Crippen LogP contribution in [-0.2, 0) is 10.3 Å².